The van der Waals surface area contributed by atoms with Crippen molar-refractivity contribution in [3.05, 3.63) is 58.1 Å². The summed E-state index contributed by atoms with van der Waals surface area (Å²) in [4.78, 5) is 26.4. The number of aryl methyl sites for hydroxylation is 2. The lowest BCUT2D eigenvalue weighted by Crippen LogP contribution is -2.41. The highest BCUT2D eigenvalue weighted by atomic mass is 16.5. The van der Waals surface area contributed by atoms with E-state index in [-0.39, 0.29) is 12.3 Å². The van der Waals surface area contributed by atoms with Crippen LogP contribution in [0.4, 0.5) is 0 Å². The number of carboxylic acid groups (broad SMARTS) is 1. The molecule has 0 saturated carbocycles. The van der Waals surface area contributed by atoms with Crippen molar-refractivity contribution < 1.29 is 24.2 Å². The van der Waals surface area contributed by atoms with Crippen molar-refractivity contribution in [1.29, 1.82) is 0 Å². The third kappa shape index (κ3) is 3.67. The van der Waals surface area contributed by atoms with Gasteiger partial charge in [0.25, 0.3) is 5.91 Å². The largest absolute Gasteiger partial charge is 0.493 e. The van der Waals surface area contributed by atoms with Crippen molar-refractivity contribution in [3.8, 4) is 11.5 Å². The molecule has 0 bridgehead atoms. The molecule has 0 radical (unpaired) electrons. The molecule has 148 valence electrons. The van der Waals surface area contributed by atoms with Crippen LogP contribution in [0.1, 0.15) is 45.1 Å². The monoisotopic (exact) mass is 383 g/mol. The zero-order chi connectivity index (χ0) is 20.4. The molecule has 6 heteroatoms. The number of carbonyl (C=O) groups is 2. The van der Waals surface area contributed by atoms with Crippen LogP contribution in [0.15, 0.2) is 30.3 Å². The first-order valence-corrected chi connectivity index (χ1v) is 9.20. The molecule has 3 rings (SSSR count). The van der Waals surface area contributed by atoms with Crippen molar-refractivity contribution in [3.63, 3.8) is 0 Å². The zero-order valence-corrected chi connectivity index (χ0v) is 16.6. The average molecular weight is 383 g/mol. The van der Waals surface area contributed by atoms with Crippen LogP contribution in [0.3, 0.4) is 0 Å². The van der Waals surface area contributed by atoms with Gasteiger partial charge in [0.2, 0.25) is 0 Å². The highest BCUT2D eigenvalue weighted by Gasteiger charge is 2.34. The van der Waals surface area contributed by atoms with Crippen molar-refractivity contribution >= 4 is 11.9 Å². The Bertz CT molecular complexity index is 921. The lowest BCUT2D eigenvalue weighted by molar-refractivity contribution is -0.138. The van der Waals surface area contributed by atoms with E-state index >= 15 is 0 Å². The summed E-state index contributed by atoms with van der Waals surface area (Å²) in [5, 5.41) is 9.48. The van der Waals surface area contributed by atoms with Gasteiger partial charge in [0.05, 0.1) is 26.7 Å². The van der Waals surface area contributed by atoms with E-state index in [0.717, 1.165) is 22.3 Å². The summed E-state index contributed by atoms with van der Waals surface area (Å²) in [6, 6.07) is 8.69. The van der Waals surface area contributed by atoms with Gasteiger partial charge in [-0.15, -0.1) is 0 Å². The highest BCUT2D eigenvalue weighted by Crippen LogP contribution is 2.40. The number of hydrogen-bond acceptors (Lipinski definition) is 4. The van der Waals surface area contributed by atoms with E-state index < -0.39 is 12.0 Å². The number of amides is 1. The van der Waals surface area contributed by atoms with Crippen LogP contribution in [-0.2, 0) is 11.2 Å². The number of carbonyl (C=O) groups excluding carboxylic acids is 1. The van der Waals surface area contributed by atoms with Gasteiger partial charge in [-0.05, 0) is 66.8 Å². The van der Waals surface area contributed by atoms with E-state index in [1.165, 1.54) is 7.11 Å². The lowest BCUT2D eigenvalue weighted by Gasteiger charge is -2.37. The van der Waals surface area contributed by atoms with Gasteiger partial charge >= 0.3 is 5.97 Å². The minimum atomic E-state index is -0.953. The molecule has 2 aromatic rings. The second kappa shape index (κ2) is 7.92. The standard InChI is InChI=1S/C22H25NO5/c1-13-5-6-16(9-14(13)2)22(26)23-8-7-15-10-19(27-3)20(28-4)11-17(15)18(23)12-21(24)25/h5-6,9-11,18H,7-8,12H2,1-4H3,(H,24,25). The Kier molecular flexibility index (Phi) is 5.58. The SMILES string of the molecule is COc1cc2c(cc1OC)C(CC(=O)O)N(C(=O)c1ccc(C)c(C)c1)CC2. The van der Waals surface area contributed by atoms with Crippen molar-refractivity contribution in [2.24, 2.45) is 0 Å². The molecule has 0 aliphatic carbocycles. The van der Waals surface area contributed by atoms with Crippen LogP contribution in [0.25, 0.3) is 0 Å². The molecule has 1 amide bonds. The van der Waals surface area contributed by atoms with Crippen LogP contribution in [-0.4, -0.2) is 42.6 Å². The molecule has 28 heavy (non-hydrogen) atoms. The predicted molar refractivity (Wildman–Crippen MR) is 105 cm³/mol. The van der Waals surface area contributed by atoms with E-state index in [2.05, 4.69) is 0 Å². The van der Waals surface area contributed by atoms with Crippen LogP contribution in [0.5, 0.6) is 11.5 Å². The molecular formula is C22H25NO5. The lowest BCUT2D eigenvalue weighted by atomic mass is 9.89. The Morgan fingerprint density at radius 3 is 2.36 bits per heavy atom. The van der Waals surface area contributed by atoms with Crippen LogP contribution in [0, 0.1) is 13.8 Å². The number of hydrogen-bond donors (Lipinski definition) is 1. The summed E-state index contributed by atoms with van der Waals surface area (Å²) in [6.45, 7) is 4.41. The number of ether oxygens (including phenoxy) is 2. The molecule has 1 aliphatic rings. The number of rotatable bonds is 5. The van der Waals surface area contributed by atoms with E-state index in [9.17, 15) is 14.7 Å². The third-order valence-electron chi connectivity index (χ3n) is 5.39. The number of fused-ring (bicyclic) bond motifs is 1. The maximum absolute atomic E-state index is 13.2. The van der Waals surface area contributed by atoms with Gasteiger partial charge in [-0.2, -0.15) is 0 Å². The molecule has 1 unspecified atom stereocenters. The molecule has 0 aromatic heterocycles. The fraction of sp³-hybridized carbons (Fsp3) is 0.364. The summed E-state index contributed by atoms with van der Waals surface area (Å²) in [6.07, 6.45) is 0.460. The zero-order valence-electron chi connectivity index (χ0n) is 16.6. The molecule has 2 aromatic carbocycles. The van der Waals surface area contributed by atoms with Gasteiger partial charge in [0.1, 0.15) is 0 Å². The highest BCUT2D eigenvalue weighted by molar-refractivity contribution is 5.95. The van der Waals surface area contributed by atoms with Gasteiger partial charge in [-0.25, -0.2) is 0 Å². The molecule has 1 aliphatic heterocycles. The van der Waals surface area contributed by atoms with Gasteiger partial charge in [0, 0.05) is 12.1 Å². The Morgan fingerprint density at radius 2 is 1.75 bits per heavy atom. The quantitative estimate of drug-likeness (QED) is 0.855. The van der Waals surface area contributed by atoms with Crippen molar-refractivity contribution in [2.45, 2.75) is 32.7 Å². The first kappa shape index (κ1) is 19.7. The van der Waals surface area contributed by atoms with Crippen molar-refractivity contribution in [2.75, 3.05) is 20.8 Å². The summed E-state index contributed by atoms with van der Waals surface area (Å²) in [5.74, 6) is 0.0154. The van der Waals surface area contributed by atoms with Gasteiger partial charge in [-0.1, -0.05) is 6.07 Å². The van der Waals surface area contributed by atoms with Gasteiger partial charge in [-0.3, -0.25) is 9.59 Å². The summed E-state index contributed by atoms with van der Waals surface area (Å²) in [5.41, 5.74) is 4.49. The fourth-order valence-corrected chi connectivity index (χ4v) is 3.70. The summed E-state index contributed by atoms with van der Waals surface area (Å²) < 4.78 is 10.8. The van der Waals surface area contributed by atoms with Crippen molar-refractivity contribution in [1.82, 2.24) is 4.90 Å². The van der Waals surface area contributed by atoms with E-state index in [0.29, 0.717) is 30.0 Å². The third-order valence-corrected chi connectivity index (χ3v) is 5.39. The topological polar surface area (TPSA) is 76.1 Å². The second-order valence-electron chi connectivity index (χ2n) is 7.07. The molecule has 0 fully saturated rings. The molecule has 1 atom stereocenters. The molecular weight excluding hydrogens is 358 g/mol. The van der Waals surface area contributed by atoms with Crippen LogP contribution < -0.4 is 9.47 Å². The normalized spacial score (nSPS) is 15.7. The Balaban J connectivity index is 2.04. The Hall–Kier alpha value is -3.02. The van der Waals surface area contributed by atoms with Crippen LogP contribution in [0.2, 0.25) is 0 Å². The van der Waals surface area contributed by atoms with E-state index in [1.807, 2.05) is 32.0 Å². The summed E-state index contributed by atoms with van der Waals surface area (Å²) in [7, 11) is 3.11. The minimum absolute atomic E-state index is 0.158. The first-order valence-electron chi connectivity index (χ1n) is 9.20. The summed E-state index contributed by atoms with van der Waals surface area (Å²) >= 11 is 0. The number of methoxy groups -OCH3 is 2. The van der Waals surface area contributed by atoms with Gasteiger partial charge < -0.3 is 19.5 Å². The second-order valence-corrected chi connectivity index (χ2v) is 7.07. The fourth-order valence-electron chi connectivity index (χ4n) is 3.70. The minimum Gasteiger partial charge on any atom is -0.493 e. The van der Waals surface area contributed by atoms with E-state index in [4.69, 9.17) is 9.47 Å². The number of benzene rings is 2. The number of aliphatic carboxylic acids is 1. The van der Waals surface area contributed by atoms with Crippen LogP contribution >= 0.6 is 0 Å². The first-order chi connectivity index (χ1) is 13.3. The number of carboxylic acids is 1. The average Bonchev–Trinajstić information content (AvgIpc) is 2.68. The maximum Gasteiger partial charge on any atom is 0.305 e. The maximum atomic E-state index is 13.2. The predicted octanol–water partition coefficient (Wildman–Crippen LogP) is 3.53. The Morgan fingerprint density at radius 1 is 1.07 bits per heavy atom. The smallest absolute Gasteiger partial charge is 0.305 e. The molecule has 6 nitrogen and oxygen atoms in total. The van der Waals surface area contributed by atoms with E-state index in [1.54, 1.807) is 24.1 Å². The molecule has 0 spiro atoms. The molecule has 1 N–H and O–H groups in total. The molecule has 1 heterocycles. The Labute approximate surface area is 164 Å². The van der Waals surface area contributed by atoms with Gasteiger partial charge in [0.15, 0.2) is 11.5 Å². The molecule has 0 saturated heterocycles. The number of nitrogens with zero attached hydrogens (tertiary/aromatic N) is 1.